The minimum atomic E-state index is -0.187. The molecule has 0 spiro atoms. The van der Waals surface area contributed by atoms with Crippen molar-refractivity contribution < 1.29 is 14.3 Å². The Morgan fingerprint density at radius 2 is 1.95 bits per heavy atom. The lowest BCUT2D eigenvalue weighted by Crippen LogP contribution is -2.24. The maximum atomic E-state index is 5.80. The zero-order valence-corrected chi connectivity index (χ0v) is 12.6. The Kier molecular flexibility index (Phi) is 6.92. The lowest BCUT2D eigenvalue weighted by Gasteiger charge is -2.24. The van der Waals surface area contributed by atoms with Gasteiger partial charge in [-0.25, -0.2) is 0 Å². The fourth-order valence-corrected chi connectivity index (χ4v) is 2.70. The van der Waals surface area contributed by atoms with E-state index in [0.29, 0.717) is 12.5 Å². The van der Waals surface area contributed by atoms with Gasteiger partial charge in [-0.2, -0.15) is 0 Å². The van der Waals surface area contributed by atoms with Crippen LogP contribution in [0, 0.1) is 5.92 Å². The van der Waals surface area contributed by atoms with Crippen LogP contribution in [0.5, 0.6) is 0 Å². The van der Waals surface area contributed by atoms with Crippen LogP contribution in [0.25, 0.3) is 0 Å². The monoisotopic (exact) mass is 281 g/mol. The predicted octanol–water partition coefficient (Wildman–Crippen LogP) is 4.02. The van der Waals surface area contributed by atoms with Gasteiger partial charge in [0.1, 0.15) is 6.61 Å². The second kappa shape index (κ2) is 9.01. The zero-order valence-electron chi connectivity index (χ0n) is 12.6. The van der Waals surface area contributed by atoms with Gasteiger partial charge >= 0.3 is 0 Å². The first-order valence-electron chi connectivity index (χ1n) is 7.99. The third kappa shape index (κ3) is 5.16. The van der Waals surface area contributed by atoms with Crippen LogP contribution in [-0.2, 0) is 14.3 Å². The van der Waals surface area contributed by atoms with Crippen LogP contribution in [0.15, 0.2) is 17.3 Å². The highest BCUT2D eigenvalue weighted by atomic mass is 16.8. The highest BCUT2D eigenvalue weighted by Gasteiger charge is 2.22. The molecule has 20 heavy (non-hydrogen) atoms. The molecule has 1 saturated carbocycles. The van der Waals surface area contributed by atoms with E-state index in [-0.39, 0.29) is 6.29 Å². The first-order chi connectivity index (χ1) is 9.90. The second-order valence-electron chi connectivity index (χ2n) is 5.55. The number of ether oxygens (including phenoxy) is 2. The molecular weight excluding hydrogens is 254 g/mol. The summed E-state index contributed by atoms with van der Waals surface area (Å²) in [7, 11) is 0. The quantitative estimate of drug-likeness (QED) is 0.331. The van der Waals surface area contributed by atoms with Crippen molar-refractivity contribution in [3.63, 3.8) is 0 Å². The van der Waals surface area contributed by atoms with Crippen molar-refractivity contribution in [3.05, 3.63) is 12.2 Å². The van der Waals surface area contributed by atoms with E-state index in [4.69, 9.17) is 14.3 Å². The van der Waals surface area contributed by atoms with Crippen molar-refractivity contribution in [2.75, 3.05) is 13.2 Å². The van der Waals surface area contributed by atoms with Gasteiger partial charge in [-0.05, 0) is 37.8 Å². The van der Waals surface area contributed by atoms with Crippen molar-refractivity contribution in [2.45, 2.75) is 64.6 Å². The largest absolute Gasteiger partial charge is 0.474 e. The molecule has 2 fully saturated rings. The fraction of sp³-hybridized carbons (Fsp3) is 0.812. The van der Waals surface area contributed by atoms with Crippen LogP contribution in [-0.4, -0.2) is 25.4 Å². The van der Waals surface area contributed by atoms with Gasteiger partial charge < -0.3 is 14.3 Å². The minimum Gasteiger partial charge on any atom is -0.474 e. The molecule has 4 heteroatoms. The molecule has 1 saturated heterocycles. The number of rotatable bonds is 5. The molecule has 1 aliphatic carbocycles. The summed E-state index contributed by atoms with van der Waals surface area (Å²) in [5, 5.41) is 4.28. The zero-order chi connectivity index (χ0) is 14.0. The van der Waals surface area contributed by atoms with Crippen LogP contribution < -0.4 is 0 Å². The summed E-state index contributed by atoms with van der Waals surface area (Å²) in [6.07, 6.45) is 13.2. The molecule has 0 N–H and O–H groups in total. The highest BCUT2D eigenvalue weighted by molar-refractivity contribution is 5.78. The standard InChI is InChI=1S/C16H27NO3/c1-2-3-12-19-16(14-9-5-4-6-10-14)17-20-15-11-7-8-13-18-15/h2-3,14-15H,4-13H2,1H3/b3-2+,17-16+. The number of hydrogen-bond donors (Lipinski definition) is 0. The van der Waals surface area contributed by atoms with Crippen LogP contribution in [0.2, 0.25) is 0 Å². The second-order valence-corrected chi connectivity index (χ2v) is 5.55. The molecule has 2 aliphatic rings. The van der Waals surface area contributed by atoms with E-state index in [1.54, 1.807) is 0 Å². The van der Waals surface area contributed by atoms with Gasteiger partial charge in [0, 0.05) is 12.3 Å². The Bertz CT molecular complexity index is 316. The summed E-state index contributed by atoms with van der Waals surface area (Å²) >= 11 is 0. The van der Waals surface area contributed by atoms with Gasteiger partial charge in [-0.15, -0.1) is 0 Å². The van der Waals surface area contributed by atoms with Crippen molar-refractivity contribution in [2.24, 2.45) is 11.1 Å². The topological polar surface area (TPSA) is 40.0 Å². The van der Waals surface area contributed by atoms with Crippen LogP contribution in [0.3, 0.4) is 0 Å². The van der Waals surface area contributed by atoms with Gasteiger partial charge in [0.25, 0.3) is 0 Å². The third-order valence-electron chi connectivity index (χ3n) is 3.92. The number of hydrogen-bond acceptors (Lipinski definition) is 4. The molecule has 0 bridgehead atoms. The number of allylic oxidation sites excluding steroid dienone is 1. The molecule has 0 radical (unpaired) electrons. The Hall–Kier alpha value is -1.03. The number of oxime groups is 1. The van der Waals surface area contributed by atoms with Gasteiger partial charge in [0.15, 0.2) is 0 Å². The molecule has 2 rings (SSSR count). The van der Waals surface area contributed by atoms with E-state index >= 15 is 0 Å². The summed E-state index contributed by atoms with van der Waals surface area (Å²) in [4.78, 5) is 5.55. The Morgan fingerprint density at radius 3 is 2.65 bits per heavy atom. The molecule has 1 unspecified atom stereocenters. The Labute approximate surface area is 122 Å². The lowest BCUT2D eigenvalue weighted by atomic mass is 9.89. The predicted molar refractivity (Wildman–Crippen MR) is 79.5 cm³/mol. The van der Waals surface area contributed by atoms with Crippen LogP contribution in [0.1, 0.15) is 58.3 Å². The van der Waals surface area contributed by atoms with E-state index in [1.807, 2.05) is 19.1 Å². The fourth-order valence-electron chi connectivity index (χ4n) is 2.70. The first-order valence-corrected chi connectivity index (χ1v) is 7.99. The van der Waals surface area contributed by atoms with Crippen molar-refractivity contribution in [1.82, 2.24) is 0 Å². The van der Waals surface area contributed by atoms with Crippen LogP contribution in [0.4, 0.5) is 0 Å². The molecule has 4 nitrogen and oxygen atoms in total. The minimum absolute atomic E-state index is 0.187. The van der Waals surface area contributed by atoms with Gasteiger partial charge in [0.05, 0.1) is 6.61 Å². The molecule has 1 atom stereocenters. The van der Waals surface area contributed by atoms with E-state index in [9.17, 15) is 0 Å². The Morgan fingerprint density at radius 1 is 1.15 bits per heavy atom. The van der Waals surface area contributed by atoms with Gasteiger partial charge in [-0.3, -0.25) is 0 Å². The lowest BCUT2D eigenvalue weighted by molar-refractivity contribution is -0.163. The average Bonchev–Trinajstić information content (AvgIpc) is 2.52. The summed E-state index contributed by atoms with van der Waals surface area (Å²) in [6.45, 7) is 3.34. The molecule has 0 aromatic carbocycles. The highest BCUT2D eigenvalue weighted by Crippen LogP contribution is 2.26. The van der Waals surface area contributed by atoms with E-state index in [0.717, 1.165) is 44.6 Å². The van der Waals surface area contributed by atoms with Crippen molar-refractivity contribution in [1.29, 1.82) is 0 Å². The van der Waals surface area contributed by atoms with E-state index in [2.05, 4.69) is 5.16 Å². The normalized spacial score (nSPS) is 25.9. The smallest absolute Gasteiger partial charge is 0.229 e. The maximum absolute atomic E-state index is 5.80. The average molecular weight is 281 g/mol. The first kappa shape index (κ1) is 15.4. The maximum Gasteiger partial charge on any atom is 0.229 e. The molecule has 1 aliphatic heterocycles. The summed E-state index contributed by atoms with van der Waals surface area (Å²) in [6, 6.07) is 0. The molecule has 1 heterocycles. The van der Waals surface area contributed by atoms with E-state index < -0.39 is 0 Å². The summed E-state index contributed by atoms with van der Waals surface area (Å²) in [5.41, 5.74) is 0. The molecule has 0 aromatic rings. The molecule has 114 valence electrons. The van der Waals surface area contributed by atoms with Crippen LogP contribution >= 0.6 is 0 Å². The molecule has 0 aromatic heterocycles. The van der Waals surface area contributed by atoms with Gasteiger partial charge in [-0.1, -0.05) is 31.4 Å². The molecular formula is C16H27NO3. The van der Waals surface area contributed by atoms with Crippen molar-refractivity contribution >= 4 is 5.90 Å². The Balaban J connectivity index is 1.88. The van der Waals surface area contributed by atoms with E-state index in [1.165, 1.54) is 19.3 Å². The van der Waals surface area contributed by atoms with Gasteiger partial charge in [0.2, 0.25) is 12.2 Å². The third-order valence-corrected chi connectivity index (χ3v) is 3.92. The number of nitrogens with zero attached hydrogens (tertiary/aromatic N) is 1. The van der Waals surface area contributed by atoms with Crippen molar-refractivity contribution in [3.8, 4) is 0 Å². The SMILES string of the molecule is C/C=C/CO/C(=N/OC1CCCCO1)C1CCCCC1. The summed E-state index contributed by atoms with van der Waals surface area (Å²) < 4.78 is 11.3. The molecule has 0 amide bonds. The summed E-state index contributed by atoms with van der Waals surface area (Å²) in [5.74, 6) is 1.18.